The monoisotopic (exact) mass is 328 g/mol. The molecule has 4 nitrogen and oxygen atoms in total. The van der Waals surface area contributed by atoms with Crippen molar-refractivity contribution in [2.24, 2.45) is 0 Å². The van der Waals surface area contributed by atoms with E-state index in [1.807, 2.05) is 0 Å². The molecule has 0 amide bonds. The summed E-state index contributed by atoms with van der Waals surface area (Å²) >= 11 is 0. The number of hydrogen-bond donors (Lipinski definition) is 1. The topological polar surface area (TPSA) is 55.8 Å². The Morgan fingerprint density at radius 2 is 1.48 bits per heavy atom. The lowest BCUT2D eigenvalue weighted by molar-refractivity contribution is -0.143. The molecule has 0 aliphatic rings. The molecule has 1 unspecified atom stereocenters. The van der Waals surface area contributed by atoms with Gasteiger partial charge in [0.25, 0.3) is 0 Å². The van der Waals surface area contributed by atoms with Gasteiger partial charge < -0.3 is 14.6 Å². The summed E-state index contributed by atoms with van der Waals surface area (Å²) in [6.45, 7) is 8.13. The average molecular weight is 328 g/mol. The summed E-state index contributed by atoms with van der Waals surface area (Å²) in [7, 11) is 0. The van der Waals surface area contributed by atoms with E-state index >= 15 is 0 Å². The van der Waals surface area contributed by atoms with Gasteiger partial charge in [0.15, 0.2) is 0 Å². The molecule has 0 aromatic carbocycles. The van der Waals surface area contributed by atoms with E-state index in [-0.39, 0.29) is 13.2 Å². The van der Waals surface area contributed by atoms with Crippen molar-refractivity contribution in [2.45, 2.75) is 84.2 Å². The van der Waals surface area contributed by atoms with Crippen LogP contribution in [0.5, 0.6) is 0 Å². The number of rotatable bonds is 16. The van der Waals surface area contributed by atoms with Crippen molar-refractivity contribution in [3.63, 3.8) is 0 Å². The van der Waals surface area contributed by atoms with Crippen LogP contribution in [0.25, 0.3) is 0 Å². The molecule has 0 fully saturated rings. The first-order valence-electron chi connectivity index (χ1n) is 9.16. The Balaban J connectivity index is 3.23. The summed E-state index contributed by atoms with van der Waals surface area (Å²) in [5.74, 6) is -0.473. The largest absolute Gasteiger partial charge is 0.460 e. The van der Waals surface area contributed by atoms with Crippen molar-refractivity contribution >= 4 is 5.97 Å². The van der Waals surface area contributed by atoms with E-state index in [1.165, 1.54) is 57.8 Å². The highest BCUT2D eigenvalue weighted by Gasteiger charge is 2.09. The van der Waals surface area contributed by atoms with Crippen LogP contribution in [-0.4, -0.2) is 37.0 Å². The van der Waals surface area contributed by atoms with Crippen LogP contribution in [0.1, 0.15) is 78.1 Å². The van der Waals surface area contributed by atoms with Crippen LogP contribution in [0, 0.1) is 0 Å². The molecule has 0 rings (SSSR count). The van der Waals surface area contributed by atoms with Crippen LogP contribution in [0.3, 0.4) is 0 Å². The molecule has 0 saturated heterocycles. The van der Waals surface area contributed by atoms with Gasteiger partial charge in [-0.3, -0.25) is 0 Å². The van der Waals surface area contributed by atoms with E-state index in [0.717, 1.165) is 6.42 Å². The molecular formula is C19H36O4. The lowest BCUT2D eigenvalue weighted by atomic mass is 10.1. The Morgan fingerprint density at radius 1 is 0.957 bits per heavy atom. The molecule has 0 saturated carbocycles. The standard InChI is InChI=1S/C19H36O4/c1-4-5-6-7-8-9-10-11-12-13-14-22-15-18(20)16-23-19(21)17(2)3/h18,20H,2,4-16H2,1,3H3. The number of esters is 1. The normalized spacial score (nSPS) is 12.1. The molecule has 23 heavy (non-hydrogen) atoms. The van der Waals surface area contributed by atoms with Gasteiger partial charge in [-0.05, 0) is 13.3 Å². The minimum atomic E-state index is -0.763. The molecular weight excluding hydrogens is 292 g/mol. The van der Waals surface area contributed by atoms with Crippen molar-refractivity contribution in [2.75, 3.05) is 19.8 Å². The quantitative estimate of drug-likeness (QED) is 0.259. The van der Waals surface area contributed by atoms with Crippen LogP contribution in [0.4, 0.5) is 0 Å². The molecule has 0 spiro atoms. The lowest BCUT2D eigenvalue weighted by Crippen LogP contribution is -2.24. The zero-order valence-electron chi connectivity index (χ0n) is 15.1. The molecule has 1 N–H and O–H groups in total. The highest BCUT2D eigenvalue weighted by atomic mass is 16.5. The number of ether oxygens (including phenoxy) is 2. The Morgan fingerprint density at radius 3 is 2.00 bits per heavy atom. The number of hydrogen-bond acceptors (Lipinski definition) is 4. The van der Waals surface area contributed by atoms with E-state index in [2.05, 4.69) is 13.5 Å². The fourth-order valence-electron chi connectivity index (χ4n) is 2.25. The minimum Gasteiger partial charge on any atom is -0.460 e. The fourth-order valence-corrected chi connectivity index (χ4v) is 2.25. The zero-order chi connectivity index (χ0) is 17.3. The van der Waals surface area contributed by atoms with Gasteiger partial charge in [0.2, 0.25) is 0 Å². The first-order chi connectivity index (χ1) is 11.1. The van der Waals surface area contributed by atoms with Gasteiger partial charge in [-0.15, -0.1) is 0 Å². The third kappa shape index (κ3) is 15.8. The number of aliphatic hydroxyl groups is 1. The van der Waals surface area contributed by atoms with E-state index in [4.69, 9.17) is 9.47 Å². The molecule has 0 aliphatic heterocycles. The fraction of sp³-hybridized carbons (Fsp3) is 0.842. The molecule has 4 heteroatoms. The van der Waals surface area contributed by atoms with Crippen LogP contribution in [0.15, 0.2) is 12.2 Å². The van der Waals surface area contributed by atoms with Gasteiger partial charge in [-0.2, -0.15) is 0 Å². The maximum absolute atomic E-state index is 11.1. The lowest BCUT2D eigenvalue weighted by Gasteiger charge is -2.11. The van der Waals surface area contributed by atoms with Crippen LogP contribution < -0.4 is 0 Å². The molecule has 0 aliphatic carbocycles. The smallest absolute Gasteiger partial charge is 0.333 e. The molecule has 0 heterocycles. The van der Waals surface area contributed by atoms with Crippen LogP contribution >= 0.6 is 0 Å². The van der Waals surface area contributed by atoms with Crippen molar-refractivity contribution in [3.05, 3.63) is 12.2 Å². The van der Waals surface area contributed by atoms with E-state index in [1.54, 1.807) is 6.92 Å². The Bertz CT molecular complexity index is 302. The van der Waals surface area contributed by atoms with Crippen molar-refractivity contribution < 1.29 is 19.4 Å². The van der Waals surface area contributed by atoms with Gasteiger partial charge in [0.1, 0.15) is 12.7 Å². The molecule has 0 bridgehead atoms. The van der Waals surface area contributed by atoms with Crippen LogP contribution in [0.2, 0.25) is 0 Å². The van der Waals surface area contributed by atoms with Crippen molar-refractivity contribution in [1.82, 2.24) is 0 Å². The molecule has 0 aromatic rings. The average Bonchev–Trinajstić information content (AvgIpc) is 2.53. The zero-order valence-corrected chi connectivity index (χ0v) is 15.1. The SMILES string of the molecule is C=C(C)C(=O)OCC(O)COCCCCCCCCCCCC. The highest BCUT2D eigenvalue weighted by molar-refractivity contribution is 5.86. The van der Waals surface area contributed by atoms with E-state index in [0.29, 0.717) is 12.2 Å². The third-order valence-corrected chi connectivity index (χ3v) is 3.71. The maximum atomic E-state index is 11.1. The second-order valence-corrected chi connectivity index (χ2v) is 6.29. The van der Waals surface area contributed by atoms with Gasteiger partial charge in [0, 0.05) is 12.2 Å². The Kier molecular flexibility index (Phi) is 15.4. The van der Waals surface area contributed by atoms with Crippen molar-refractivity contribution in [1.29, 1.82) is 0 Å². The number of carbonyl (C=O) groups is 1. The Labute approximate surface area is 142 Å². The second kappa shape index (κ2) is 16.0. The van der Waals surface area contributed by atoms with Gasteiger partial charge in [-0.25, -0.2) is 4.79 Å². The predicted octanol–water partition coefficient (Wildman–Crippen LogP) is 4.40. The summed E-state index contributed by atoms with van der Waals surface area (Å²) in [5.41, 5.74) is 0.337. The first kappa shape index (κ1) is 22.1. The van der Waals surface area contributed by atoms with Crippen molar-refractivity contribution in [3.8, 4) is 0 Å². The molecule has 136 valence electrons. The third-order valence-electron chi connectivity index (χ3n) is 3.71. The minimum absolute atomic E-state index is 0.0380. The number of unbranched alkanes of at least 4 members (excludes halogenated alkanes) is 9. The maximum Gasteiger partial charge on any atom is 0.333 e. The summed E-state index contributed by atoms with van der Waals surface area (Å²) in [4.78, 5) is 11.1. The highest BCUT2D eigenvalue weighted by Crippen LogP contribution is 2.10. The first-order valence-corrected chi connectivity index (χ1v) is 9.16. The summed E-state index contributed by atoms with van der Waals surface area (Å²) in [6.07, 6.45) is 12.2. The molecule has 0 aromatic heterocycles. The van der Waals surface area contributed by atoms with E-state index in [9.17, 15) is 9.90 Å². The predicted molar refractivity (Wildman–Crippen MR) is 94.4 cm³/mol. The summed E-state index contributed by atoms with van der Waals surface area (Å²) in [6, 6.07) is 0. The number of aliphatic hydroxyl groups excluding tert-OH is 1. The molecule has 0 radical (unpaired) electrons. The summed E-state index contributed by atoms with van der Waals surface area (Å²) < 4.78 is 10.3. The number of carbonyl (C=O) groups excluding carboxylic acids is 1. The van der Waals surface area contributed by atoms with Gasteiger partial charge in [0.05, 0.1) is 6.61 Å². The van der Waals surface area contributed by atoms with Gasteiger partial charge in [-0.1, -0.05) is 71.3 Å². The van der Waals surface area contributed by atoms with Gasteiger partial charge >= 0.3 is 5.97 Å². The second-order valence-electron chi connectivity index (χ2n) is 6.29. The molecule has 1 atom stereocenters. The van der Waals surface area contributed by atoms with Crippen LogP contribution in [-0.2, 0) is 14.3 Å². The Hall–Kier alpha value is -0.870. The van der Waals surface area contributed by atoms with E-state index < -0.39 is 12.1 Å². The summed E-state index contributed by atoms with van der Waals surface area (Å²) in [5, 5.41) is 9.61.